The molecule has 1 aliphatic heterocycles. The Hall–Kier alpha value is -0.720. The number of hydrogen-bond acceptors (Lipinski definition) is 4. The van der Waals surface area contributed by atoms with E-state index in [1.807, 2.05) is 16.8 Å². The minimum Gasteiger partial charge on any atom is -0.394 e. The summed E-state index contributed by atoms with van der Waals surface area (Å²) in [5.41, 5.74) is 0. The van der Waals surface area contributed by atoms with Crippen molar-refractivity contribution < 1.29 is 5.11 Å². The quantitative estimate of drug-likeness (QED) is 0.927. The molecular weight excluding hydrogens is 302 g/mol. The van der Waals surface area contributed by atoms with Crippen molar-refractivity contribution in [1.29, 1.82) is 0 Å². The average molecular weight is 314 g/mol. The molecule has 4 nitrogen and oxygen atoms in total. The van der Waals surface area contributed by atoms with Gasteiger partial charge in [0.2, 0.25) is 0 Å². The number of aryl methyl sites for hydroxylation is 1. The number of nitrogens with zero attached hydrogens (tertiary/aromatic N) is 3. The summed E-state index contributed by atoms with van der Waals surface area (Å²) in [6.45, 7) is 0.143. The summed E-state index contributed by atoms with van der Waals surface area (Å²) in [4.78, 5) is 5.63. The molecule has 0 amide bonds. The predicted molar refractivity (Wildman–Crippen MR) is 70.1 cm³/mol. The summed E-state index contributed by atoms with van der Waals surface area (Å²) in [5.74, 6) is 1.77. The molecule has 0 aromatic carbocycles. The van der Waals surface area contributed by atoms with Crippen LogP contribution >= 0.6 is 27.3 Å². The molecule has 17 heavy (non-hydrogen) atoms. The lowest BCUT2D eigenvalue weighted by Crippen LogP contribution is -2.21. The number of aliphatic hydroxyl groups is 1. The summed E-state index contributed by atoms with van der Waals surface area (Å²) >= 11 is 5.07. The summed E-state index contributed by atoms with van der Waals surface area (Å²) in [7, 11) is 0. The van der Waals surface area contributed by atoms with E-state index in [2.05, 4.69) is 26.0 Å². The Kier molecular flexibility index (Phi) is 3.02. The van der Waals surface area contributed by atoms with Crippen molar-refractivity contribution in [2.45, 2.75) is 25.3 Å². The highest BCUT2D eigenvalue weighted by Gasteiger charge is 2.23. The van der Waals surface area contributed by atoms with Crippen molar-refractivity contribution in [3.63, 3.8) is 0 Å². The Labute approximate surface area is 111 Å². The first-order valence-electron chi connectivity index (χ1n) is 5.60. The van der Waals surface area contributed by atoms with Gasteiger partial charge in [-0.1, -0.05) is 0 Å². The van der Waals surface area contributed by atoms with Gasteiger partial charge in [-0.05, 0) is 40.9 Å². The van der Waals surface area contributed by atoms with Crippen LogP contribution < -0.4 is 0 Å². The van der Waals surface area contributed by atoms with E-state index in [9.17, 15) is 5.11 Å². The third-order valence-corrected chi connectivity index (χ3v) is 4.61. The summed E-state index contributed by atoms with van der Waals surface area (Å²) in [6, 6.07) is 4.12. The van der Waals surface area contributed by atoms with Gasteiger partial charge in [0.25, 0.3) is 0 Å². The van der Waals surface area contributed by atoms with Gasteiger partial charge in [-0.3, -0.25) is 0 Å². The lowest BCUT2D eigenvalue weighted by atomic mass is 10.1. The van der Waals surface area contributed by atoms with Gasteiger partial charge in [0, 0.05) is 6.42 Å². The van der Waals surface area contributed by atoms with Gasteiger partial charge < -0.3 is 5.11 Å². The van der Waals surface area contributed by atoms with Crippen LogP contribution in [0.15, 0.2) is 15.9 Å². The van der Waals surface area contributed by atoms with E-state index in [1.54, 1.807) is 11.3 Å². The number of hydrogen-bond donors (Lipinski definition) is 1. The Morgan fingerprint density at radius 3 is 3.12 bits per heavy atom. The molecule has 3 heterocycles. The molecule has 90 valence electrons. The van der Waals surface area contributed by atoms with Gasteiger partial charge in [0.15, 0.2) is 5.82 Å². The van der Waals surface area contributed by atoms with E-state index in [1.165, 1.54) is 0 Å². The first-order chi connectivity index (χ1) is 8.28. The molecule has 1 N–H and O–H groups in total. The molecule has 2 aromatic rings. The number of aromatic nitrogens is 3. The van der Waals surface area contributed by atoms with Gasteiger partial charge in [-0.15, -0.1) is 16.4 Å². The van der Waals surface area contributed by atoms with Crippen molar-refractivity contribution in [2.75, 3.05) is 6.61 Å². The van der Waals surface area contributed by atoms with Crippen molar-refractivity contribution in [3.05, 3.63) is 21.7 Å². The van der Waals surface area contributed by atoms with E-state index in [0.717, 1.165) is 39.6 Å². The molecule has 1 aliphatic rings. The molecule has 0 saturated carbocycles. The molecule has 2 aromatic heterocycles. The van der Waals surface area contributed by atoms with Crippen molar-refractivity contribution in [2.24, 2.45) is 0 Å². The zero-order chi connectivity index (χ0) is 11.8. The highest BCUT2D eigenvalue weighted by molar-refractivity contribution is 9.11. The van der Waals surface area contributed by atoms with Gasteiger partial charge in [0.1, 0.15) is 5.82 Å². The van der Waals surface area contributed by atoms with Crippen LogP contribution in [0.5, 0.6) is 0 Å². The van der Waals surface area contributed by atoms with Gasteiger partial charge in [0.05, 0.1) is 21.3 Å². The van der Waals surface area contributed by atoms with E-state index >= 15 is 0 Å². The SMILES string of the molecule is OCC1CCCc2nc(-c3ccc(Br)s3)nn21. The lowest BCUT2D eigenvalue weighted by molar-refractivity contribution is 0.195. The molecular formula is C11H12BrN3OS. The number of fused-ring (bicyclic) bond motifs is 1. The topological polar surface area (TPSA) is 50.9 Å². The zero-order valence-corrected chi connectivity index (χ0v) is 11.5. The Bertz CT molecular complexity index is 537. The fourth-order valence-electron chi connectivity index (χ4n) is 2.14. The molecule has 0 fully saturated rings. The Morgan fingerprint density at radius 2 is 2.41 bits per heavy atom. The molecule has 1 atom stereocenters. The zero-order valence-electron chi connectivity index (χ0n) is 9.14. The third kappa shape index (κ3) is 2.05. The first kappa shape index (κ1) is 11.4. The van der Waals surface area contributed by atoms with E-state index in [0.29, 0.717) is 0 Å². The van der Waals surface area contributed by atoms with Crippen LogP contribution in [0.1, 0.15) is 24.7 Å². The molecule has 0 saturated heterocycles. The molecule has 0 spiro atoms. The largest absolute Gasteiger partial charge is 0.394 e. The van der Waals surface area contributed by atoms with Crippen LogP contribution in [-0.2, 0) is 6.42 Å². The average Bonchev–Trinajstić information content (AvgIpc) is 2.93. The van der Waals surface area contributed by atoms with E-state index < -0.39 is 0 Å². The van der Waals surface area contributed by atoms with Crippen LogP contribution in [0.3, 0.4) is 0 Å². The number of thiophene rings is 1. The summed E-state index contributed by atoms with van der Waals surface area (Å²) in [6.07, 6.45) is 3.02. The van der Waals surface area contributed by atoms with Crippen LogP contribution in [0, 0.1) is 0 Å². The molecule has 1 unspecified atom stereocenters. The second-order valence-electron chi connectivity index (χ2n) is 4.13. The van der Waals surface area contributed by atoms with E-state index in [-0.39, 0.29) is 12.6 Å². The minimum atomic E-state index is 0.100. The highest BCUT2D eigenvalue weighted by Crippen LogP contribution is 2.31. The number of aliphatic hydroxyl groups excluding tert-OH is 1. The van der Waals surface area contributed by atoms with Crippen LogP contribution in [-0.4, -0.2) is 26.5 Å². The van der Waals surface area contributed by atoms with Crippen molar-refractivity contribution in [1.82, 2.24) is 14.8 Å². The lowest BCUT2D eigenvalue weighted by Gasteiger charge is -2.20. The Morgan fingerprint density at radius 1 is 1.53 bits per heavy atom. The maximum Gasteiger partial charge on any atom is 0.191 e. The first-order valence-corrected chi connectivity index (χ1v) is 7.21. The molecule has 0 bridgehead atoms. The van der Waals surface area contributed by atoms with Crippen molar-refractivity contribution >= 4 is 27.3 Å². The number of rotatable bonds is 2. The van der Waals surface area contributed by atoms with Gasteiger partial charge >= 0.3 is 0 Å². The number of halogens is 1. The smallest absolute Gasteiger partial charge is 0.191 e. The monoisotopic (exact) mass is 313 g/mol. The molecule has 0 aliphatic carbocycles. The molecule has 0 radical (unpaired) electrons. The van der Waals surface area contributed by atoms with Gasteiger partial charge in [-0.25, -0.2) is 9.67 Å². The third-order valence-electron chi connectivity index (χ3n) is 2.99. The minimum absolute atomic E-state index is 0.100. The fourth-order valence-corrected chi connectivity index (χ4v) is 3.46. The fraction of sp³-hybridized carbons (Fsp3) is 0.455. The normalized spacial score (nSPS) is 19.3. The van der Waals surface area contributed by atoms with E-state index in [4.69, 9.17) is 0 Å². The van der Waals surface area contributed by atoms with Gasteiger partial charge in [-0.2, -0.15) is 0 Å². The maximum absolute atomic E-state index is 9.33. The molecule has 3 rings (SSSR count). The predicted octanol–water partition coefficient (Wildman–Crippen LogP) is 2.64. The maximum atomic E-state index is 9.33. The van der Waals surface area contributed by atoms with Crippen LogP contribution in [0.25, 0.3) is 10.7 Å². The van der Waals surface area contributed by atoms with Crippen molar-refractivity contribution in [3.8, 4) is 10.7 Å². The summed E-state index contributed by atoms with van der Waals surface area (Å²) < 4.78 is 2.98. The molecule has 6 heteroatoms. The second-order valence-corrected chi connectivity index (χ2v) is 6.59. The van der Waals surface area contributed by atoms with Crippen LogP contribution in [0.2, 0.25) is 0 Å². The standard InChI is InChI=1S/C11H12BrN3OS/c12-9-5-4-8(17-9)11-13-10-3-1-2-7(6-16)15(10)14-11/h4-5,7,16H,1-3,6H2. The van der Waals surface area contributed by atoms with Crippen LogP contribution in [0.4, 0.5) is 0 Å². The summed E-state index contributed by atoms with van der Waals surface area (Å²) in [5, 5.41) is 13.8. The Balaban J connectivity index is 2.01. The highest BCUT2D eigenvalue weighted by atomic mass is 79.9. The second kappa shape index (κ2) is 4.51.